The van der Waals surface area contributed by atoms with Crippen molar-refractivity contribution in [2.45, 2.75) is 12.4 Å². The second kappa shape index (κ2) is 7.04. The molecular weight excluding hydrogens is 397 g/mol. The highest BCUT2D eigenvalue weighted by Crippen LogP contribution is 2.32. The first-order valence-corrected chi connectivity index (χ1v) is 6.98. The zero-order valence-electron chi connectivity index (χ0n) is 11.8. The number of nitrogens with one attached hydrogen (secondary N) is 1. The molecule has 0 atom stereocenters. The van der Waals surface area contributed by atoms with Crippen LogP contribution in [0.25, 0.3) is 0 Å². The molecule has 25 heavy (non-hydrogen) atoms. The van der Waals surface area contributed by atoms with Crippen LogP contribution in [-0.2, 0) is 12.4 Å². The summed E-state index contributed by atoms with van der Waals surface area (Å²) in [4.78, 5) is 6.97. The molecule has 12 heteroatoms. The SMILES string of the molecule is FC(F)(F)c1cnc(C=NNc2ncc(C(F)(F)F)cc2Cl)c(Cl)c1. The monoisotopic (exact) mass is 402 g/mol. The molecule has 134 valence electrons. The molecule has 0 aliphatic carbocycles. The van der Waals surface area contributed by atoms with Gasteiger partial charge in [0.15, 0.2) is 5.82 Å². The van der Waals surface area contributed by atoms with Gasteiger partial charge in [-0.05, 0) is 12.1 Å². The molecule has 0 radical (unpaired) electrons. The average molecular weight is 403 g/mol. The molecule has 0 saturated carbocycles. The lowest BCUT2D eigenvalue weighted by Gasteiger charge is -2.08. The highest BCUT2D eigenvalue weighted by molar-refractivity contribution is 6.33. The van der Waals surface area contributed by atoms with E-state index >= 15 is 0 Å². The summed E-state index contributed by atoms with van der Waals surface area (Å²) in [6, 6.07) is 1.31. The molecule has 2 aromatic heterocycles. The van der Waals surface area contributed by atoms with Gasteiger partial charge in [-0.3, -0.25) is 10.4 Å². The standard InChI is InChI=1S/C13H6Cl2F6N4/c14-8-1-6(12(16,17)18)3-22-10(8)5-24-25-11-9(15)2-7(4-23-11)13(19,20)21/h1-5H,(H,23,25). The van der Waals surface area contributed by atoms with E-state index in [-0.39, 0.29) is 21.6 Å². The Morgan fingerprint density at radius 2 is 1.40 bits per heavy atom. The molecule has 0 fully saturated rings. The molecule has 4 nitrogen and oxygen atoms in total. The van der Waals surface area contributed by atoms with Gasteiger partial charge in [0.05, 0.1) is 27.4 Å². The zero-order chi connectivity index (χ0) is 18.8. The van der Waals surface area contributed by atoms with E-state index in [1.807, 2.05) is 0 Å². The van der Waals surface area contributed by atoms with Crippen molar-refractivity contribution in [3.8, 4) is 0 Å². The average Bonchev–Trinajstić information content (AvgIpc) is 2.48. The lowest BCUT2D eigenvalue weighted by Crippen LogP contribution is -2.07. The highest BCUT2D eigenvalue weighted by Gasteiger charge is 2.32. The van der Waals surface area contributed by atoms with Crippen LogP contribution < -0.4 is 5.43 Å². The van der Waals surface area contributed by atoms with Crippen LogP contribution in [0.4, 0.5) is 32.2 Å². The van der Waals surface area contributed by atoms with E-state index < -0.39 is 23.5 Å². The van der Waals surface area contributed by atoms with Crippen LogP contribution in [0, 0.1) is 0 Å². The summed E-state index contributed by atoms with van der Waals surface area (Å²) in [5.41, 5.74) is 0.0834. The Balaban J connectivity index is 2.14. The number of hydrogen-bond donors (Lipinski definition) is 1. The zero-order valence-corrected chi connectivity index (χ0v) is 13.3. The normalized spacial score (nSPS) is 12.6. The first-order valence-electron chi connectivity index (χ1n) is 6.23. The van der Waals surface area contributed by atoms with Gasteiger partial charge in [0, 0.05) is 12.4 Å². The van der Waals surface area contributed by atoms with Crippen molar-refractivity contribution in [3.05, 3.63) is 51.4 Å². The van der Waals surface area contributed by atoms with Crippen LogP contribution in [0.15, 0.2) is 29.6 Å². The minimum absolute atomic E-state index is 0.0924. The summed E-state index contributed by atoms with van der Waals surface area (Å²) < 4.78 is 74.9. The fraction of sp³-hybridized carbons (Fsp3) is 0.154. The Morgan fingerprint density at radius 1 is 0.880 bits per heavy atom. The van der Waals surface area contributed by atoms with Gasteiger partial charge in [0.25, 0.3) is 0 Å². The minimum Gasteiger partial charge on any atom is -0.260 e. The first kappa shape index (κ1) is 19.3. The van der Waals surface area contributed by atoms with Gasteiger partial charge in [0.2, 0.25) is 0 Å². The van der Waals surface area contributed by atoms with Crippen LogP contribution in [0.2, 0.25) is 10.0 Å². The first-order chi connectivity index (χ1) is 11.5. The number of alkyl halides is 6. The van der Waals surface area contributed by atoms with E-state index in [4.69, 9.17) is 23.2 Å². The summed E-state index contributed by atoms with van der Waals surface area (Å²) in [7, 11) is 0. The van der Waals surface area contributed by atoms with E-state index in [0.717, 1.165) is 6.21 Å². The van der Waals surface area contributed by atoms with Gasteiger partial charge in [-0.15, -0.1) is 0 Å². The van der Waals surface area contributed by atoms with Crippen LogP contribution in [-0.4, -0.2) is 16.2 Å². The fourth-order valence-corrected chi connectivity index (χ4v) is 1.95. The van der Waals surface area contributed by atoms with Crippen LogP contribution in [0.5, 0.6) is 0 Å². The third-order valence-electron chi connectivity index (χ3n) is 2.72. The summed E-state index contributed by atoms with van der Waals surface area (Å²) >= 11 is 11.3. The van der Waals surface area contributed by atoms with Gasteiger partial charge >= 0.3 is 12.4 Å². The molecule has 0 saturated heterocycles. The van der Waals surface area contributed by atoms with Crippen molar-refractivity contribution < 1.29 is 26.3 Å². The van der Waals surface area contributed by atoms with E-state index in [1.54, 1.807) is 0 Å². The Morgan fingerprint density at radius 3 is 1.88 bits per heavy atom. The topological polar surface area (TPSA) is 50.2 Å². The van der Waals surface area contributed by atoms with Crippen molar-refractivity contribution in [3.63, 3.8) is 0 Å². The molecular formula is C13H6Cl2F6N4. The Kier molecular flexibility index (Phi) is 5.43. The summed E-state index contributed by atoms with van der Waals surface area (Å²) in [6.45, 7) is 0. The van der Waals surface area contributed by atoms with Crippen molar-refractivity contribution >= 4 is 35.2 Å². The fourth-order valence-electron chi connectivity index (χ4n) is 1.53. The molecule has 0 aliphatic rings. The van der Waals surface area contributed by atoms with Gasteiger partial charge in [-0.2, -0.15) is 31.4 Å². The van der Waals surface area contributed by atoms with Crippen molar-refractivity contribution in [2.75, 3.05) is 5.43 Å². The molecule has 0 amide bonds. The lowest BCUT2D eigenvalue weighted by molar-refractivity contribution is -0.138. The number of pyridine rings is 2. The van der Waals surface area contributed by atoms with E-state index in [1.165, 1.54) is 0 Å². The molecule has 2 rings (SSSR count). The lowest BCUT2D eigenvalue weighted by atomic mass is 10.2. The van der Waals surface area contributed by atoms with E-state index in [2.05, 4.69) is 20.5 Å². The van der Waals surface area contributed by atoms with Crippen LogP contribution in [0.1, 0.15) is 16.8 Å². The van der Waals surface area contributed by atoms with Gasteiger partial charge in [0.1, 0.15) is 5.69 Å². The maximum atomic E-state index is 12.5. The molecule has 0 bridgehead atoms. The van der Waals surface area contributed by atoms with Gasteiger partial charge in [-0.25, -0.2) is 4.98 Å². The second-order valence-electron chi connectivity index (χ2n) is 4.51. The van der Waals surface area contributed by atoms with E-state index in [9.17, 15) is 26.3 Å². The number of halogens is 8. The van der Waals surface area contributed by atoms with Crippen LogP contribution in [0.3, 0.4) is 0 Å². The minimum atomic E-state index is -4.60. The third-order valence-corrected chi connectivity index (χ3v) is 3.31. The predicted molar refractivity (Wildman–Crippen MR) is 79.7 cm³/mol. The number of nitrogens with zero attached hydrogens (tertiary/aromatic N) is 3. The van der Waals surface area contributed by atoms with Gasteiger partial charge < -0.3 is 0 Å². The molecule has 2 heterocycles. The molecule has 1 N–H and O–H groups in total. The van der Waals surface area contributed by atoms with E-state index in [0.29, 0.717) is 24.5 Å². The summed E-state index contributed by atoms with van der Waals surface area (Å²) in [6.07, 6.45) is -7.11. The Hall–Kier alpha value is -2.07. The maximum absolute atomic E-state index is 12.5. The van der Waals surface area contributed by atoms with Crippen LogP contribution >= 0.6 is 23.2 Å². The molecule has 0 unspecified atom stereocenters. The Bertz CT molecular complexity index is 804. The summed E-state index contributed by atoms with van der Waals surface area (Å²) in [5, 5.41) is 2.92. The number of anilines is 1. The highest BCUT2D eigenvalue weighted by atomic mass is 35.5. The summed E-state index contributed by atoms with van der Waals surface area (Å²) in [5.74, 6) is -0.186. The van der Waals surface area contributed by atoms with Crippen molar-refractivity contribution in [1.82, 2.24) is 9.97 Å². The molecule has 2 aromatic rings. The molecule has 0 aromatic carbocycles. The maximum Gasteiger partial charge on any atom is 0.417 e. The number of aromatic nitrogens is 2. The third kappa shape index (κ3) is 4.95. The van der Waals surface area contributed by atoms with Crippen molar-refractivity contribution in [2.24, 2.45) is 5.10 Å². The number of hydrogen-bond acceptors (Lipinski definition) is 4. The number of hydrazone groups is 1. The smallest absolute Gasteiger partial charge is 0.260 e. The molecule has 0 spiro atoms. The Labute approximate surface area is 146 Å². The predicted octanol–water partition coefficient (Wildman–Crippen LogP) is 5.27. The van der Waals surface area contributed by atoms with Crippen molar-refractivity contribution in [1.29, 1.82) is 0 Å². The van der Waals surface area contributed by atoms with Gasteiger partial charge in [-0.1, -0.05) is 23.2 Å². The second-order valence-corrected chi connectivity index (χ2v) is 5.33. The number of rotatable bonds is 3. The largest absolute Gasteiger partial charge is 0.417 e. The molecule has 0 aliphatic heterocycles. The quantitative estimate of drug-likeness (QED) is 0.432.